The molecule has 2 atom stereocenters. The van der Waals surface area contributed by atoms with E-state index in [0.29, 0.717) is 18.4 Å². The summed E-state index contributed by atoms with van der Waals surface area (Å²) >= 11 is 0. The average Bonchev–Trinajstić information content (AvgIpc) is 2.33. The lowest BCUT2D eigenvalue weighted by atomic mass is 9.99. The third-order valence-corrected chi connectivity index (χ3v) is 2.72. The molecule has 70 valence electrons. The summed E-state index contributed by atoms with van der Waals surface area (Å²) in [5.74, 6) is -0.286. The third kappa shape index (κ3) is 2.21. The van der Waals surface area contributed by atoms with Gasteiger partial charge in [0.15, 0.2) is 0 Å². The lowest BCUT2D eigenvalue weighted by Gasteiger charge is -2.24. The standard InChI is InChI=1S/C9H17NO2/c1-10(2)8-5-3-4-7(8)6-9(11)12/h7-8H,3-6H2,1-2H3,(H,11,12). The van der Waals surface area contributed by atoms with Gasteiger partial charge in [-0.05, 0) is 32.9 Å². The van der Waals surface area contributed by atoms with Crippen LogP contribution in [0, 0.1) is 5.92 Å². The van der Waals surface area contributed by atoms with Crippen LogP contribution in [0.15, 0.2) is 0 Å². The highest BCUT2D eigenvalue weighted by Gasteiger charge is 2.30. The van der Waals surface area contributed by atoms with Crippen LogP contribution in [0.1, 0.15) is 25.7 Å². The maximum Gasteiger partial charge on any atom is 0.303 e. The summed E-state index contributed by atoms with van der Waals surface area (Å²) in [7, 11) is 4.07. The molecule has 0 amide bonds. The van der Waals surface area contributed by atoms with Crippen LogP contribution in [-0.2, 0) is 4.79 Å². The van der Waals surface area contributed by atoms with Gasteiger partial charge in [0, 0.05) is 12.5 Å². The number of hydrogen-bond donors (Lipinski definition) is 1. The Bertz CT molecular complexity index is 168. The second-order valence-electron chi connectivity index (χ2n) is 3.82. The number of aliphatic carboxylic acids is 1. The van der Waals surface area contributed by atoms with E-state index in [1.807, 2.05) is 14.1 Å². The fourth-order valence-corrected chi connectivity index (χ4v) is 2.16. The Balaban J connectivity index is 2.46. The van der Waals surface area contributed by atoms with Crippen LogP contribution in [0.5, 0.6) is 0 Å². The zero-order chi connectivity index (χ0) is 9.14. The van der Waals surface area contributed by atoms with Crippen molar-refractivity contribution >= 4 is 5.97 Å². The maximum atomic E-state index is 10.5. The molecule has 0 aromatic rings. The van der Waals surface area contributed by atoms with Crippen molar-refractivity contribution in [1.82, 2.24) is 4.90 Å². The fourth-order valence-electron chi connectivity index (χ4n) is 2.16. The zero-order valence-corrected chi connectivity index (χ0v) is 7.79. The van der Waals surface area contributed by atoms with Crippen LogP contribution in [0.25, 0.3) is 0 Å². The number of carboxylic acids is 1. The van der Waals surface area contributed by atoms with Crippen molar-refractivity contribution in [2.24, 2.45) is 5.92 Å². The number of rotatable bonds is 3. The van der Waals surface area contributed by atoms with E-state index in [1.54, 1.807) is 0 Å². The molecule has 1 saturated carbocycles. The minimum atomic E-state index is -0.659. The number of nitrogens with zero attached hydrogens (tertiary/aromatic N) is 1. The van der Waals surface area contributed by atoms with Crippen LogP contribution < -0.4 is 0 Å². The molecule has 0 aromatic heterocycles. The fraction of sp³-hybridized carbons (Fsp3) is 0.889. The first-order valence-electron chi connectivity index (χ1n) is 4.49. The molecular formula is C9H17NO2. The van der Waals surface area contributed by atoms with Gasteiger partial charge < -0.3 is 10.0 Å². The summed E-state index contributed by atoms with van der Waals surface area (Å²) in [5.41, 5.74) is 0. The molecule has 0 aliphatic heterocycles. The first-order chi connectivity index (χ1) is 5.61. The molecule has 2 unspecified atom stereocenters. The van der Waals surface area contributed by atoms with E-state index in [-0.39, 0.29) is 0 Å². The molecule has 3 nitrogen and oxygen atoms in total. The molecule has 1 rings (SSSR count). The smallest absolute Gasteiger partial charge is 0.303 e. The van der Waals surface area contributed by atoms with Gasteiger partial charge in [-0.15, -0.1) is 0 Å². The van der Waals surface area contributed by atoms with Gasteiger partial charge in [0.25, 0.3) is 0 Å². The Labute approximate surface area is 73.4 Å². The second kappa shape index (κ2) is 3.90. The monoisotopic (exact) mass is 171 g/mol. The quantitative estimate of drug-likeness (QED) is 0.693. The van der Waals surface area contributed by atoms with Gasteiger partial charge in [0.05, 0.1) is 0 Å². The molecule has 0 aromatic carbocycles. The van der Waals surface area contributed by atoms with Crippen molar-refractivity contribution in [3.05, 3.63) is 0 Å². The van der Waals surface area contributed by atoms with E-state index in [4.69, 9.17) is 5.11 Å². The van der Waals surface area contributed by atoms with Gasteiger partial charge in [-0.2, -0.15) is 0 Å². The highest BCUT2D eigenvalue weighted by molar-refractivity contribution is 5.67. The van der Waals surface area contributed by atoms with Crippen molar-refractivity contribution in [3.8, 4) is 0 Å². The van der Waals surface area contributed by atoms with Gasteiger partial charge in [-0.25, -0.2) is 0 Å². The van der Waals surface area contributed by atoms with Crippen LogP contribution in [-0.4, -0.2) is 36.1 Å². The molecule has 1 aliphatic carbocycles. The van der Waals surface area contributed by atoms with Crippen LogP contribution >= 0.6 is 0 Å². The van der Waals surface area contributed by atoms with Crippen LogP contribution in [0.4, 0.5) is 0 Å². The van der Waals surface area contributed by atoms with E-state index < -0.39 is 5.97 Å². The number of carbonyl (C=O) groups is 1. The largest absolute Gasteiger partial charge is 0.481 e. The van der Waals surface area contributed by atoms with Gasteiger partial charge in [-0.3, -0.25) is 4.79 Å². The first kappa shape index (κ1) is 9.52. The summed E-state index contributed by atoms with van der Waals surface area (Å²) in [6.45, 7) is 0. The third-order valence-electron chi connectivity index (χ3n) is 2.72. The predicted molar refractivity (Wildman–Crippen MR) is 47.1 cm³/mol. The Morgan fingerprint density at radius 2 is 2.17 bits per heavy atom. The summed E-state index contributed by atoms with van der Waals surface area (Å²) in [5, 5.41) is 8.65. The summed E-state index contributed by atoms with van der Waals surface area (Å²) in [4.78, 5) is 12.7. The normalized spacial score (nSPS) is 29.6. The predicted octanol–water partition coefficient (Wildman–Crippen LogP) is 1.19. The van der Waals surface area contributed by atoms with E-state index in [1.165, 1.54) is 6.42 Å². The minimum absolute atomic E-state index is 0.336. The molecule has 12 heavy (non-hydrogen) atoms. The van der Waals surface area contributed by atoms with Gasteiger partial charge in [-0.1, -0.05) is 6.42 Å². The average molecular weight is 171 g/mol. The molecule has 0 saturated heterocycles. The maximum absolute atomic E-state index is 10.5. The zero-order valence-electron chi connectivity index (χ0n) is 7.79. The van der Waals surface area contributed by atoms with Crippen molar-refractivity contribution in [2.75, 3.05) is 14.1 Å². The van der Waals surface area contributed by atoms with Crippen molar-refractivity contribution < 1.29 is 9.90 Å². The van der Waals surface area contributed by atoms with Gasteiger partial charge >= 0.3 is 5.97 Å². The highest BCUT2D eigenvalue weighted by atomic mass is 16.4. The summed E-state index contributed by atoms with van der Waals surface area (Å²) in [6.07, 6.45) is 3.75. The number of hydrogen-bond acceptors (Lipinski definition) is 2. The molecule has 0 spiro atoms. The Kier molecular flexibility index (Phi) is 3.09. The Morgan fingerprint density at radius 3 is 2.67 bits per heavy atom. The SMILES string of the molecule is CN(C)C1CCCC1CC(=O)O. The van der Waals surface area contributed by atoms with Crippen molar-refractivity contribution in [1.29, 1.82) is 0 Å². The Morgan fingerprint density at radius 1 is 1.50 bits per heavy atom. The molecule has 1 aliphatic rings. The highest BCUT2D eigenvalue weighted by Crippen LogP contribution is 2.30. The lowest BCUT2D eigenvalue weighted by molar-refractivity contribution is -0.138. The summed E-state index contributed by atoms with van der Waals surface area (Å²) < 4.78 is 0. The number of carboxylic acid groups (broad SMARTS) is 1. The van der Waals surface area contributed by atoms with Crippen LogP contribution in [0.2, 0.25) is 0 Å². The minimum Gasteiger partial charge on any atom is -0.481 e. The molecule has 0 bridgehead atoms. The first-order valence-corrected chi connectivity index (χ1v) is 4.49. The molecule has 0 heterocycles. The van der Waals surface area contributed by atoms with E-state index in [0.717, 1.165) is 12.8 Å². The Hall–Kier alpha value is -0.570. The van der Waals surface area contributed by atoms with Gasteiger partial charge in [0.1, 0.15) is 0 Å². The molecule has 3 heteroatoms. The molecule has 1 fully saturated rings. The lowest BCUT2D eigenvalue weighted by Crippen LogP contribution is -2.32. The summed E-state index contributed by atoms with van der Waals surface area (Å²) in [6, 6.07) is 0.487. The second-order valence-corrected chi connectivity index (χ2v) is 3.82. The van der Waals surface area contributed by atoms with E-state index in [2.05, 4.69) is 4.90 Å². The van der Waals surface area contributed by atoms with Crippen LogP contribution in [0.3, 0.4) is 0 Å². The van der Waals surface area contributed by atoms with E-state index in [9.17, 15) is 4.79 Å². The molecule has 1 N–H and O–H groups in total. The van der Waals surface area contributed by atoms with Crippen molar-refractivity contribution in [3.63, 3.8) is 0 Å². The van der Waals surface area contributed by atoms with Crippen molar-refractivity contribution in [2.45, 2.75) is 31.7 Å². The molecule has 0 radical (unpaired) electrons. The van der Waals surface area contributed by atoms with Gasteiger partial charge in [0.2, 0.25) is 0 Å². The van der Waals surface area contributed by atoms with E-state index >= 15 is 0 Å². The topological polar surface area (TPSA) is 40.5 Å². The molecular weight excluding hydrogens is 154 g/mol.